The van der Waals surface area contributed by atoms with Gasteiger partial charge < -0.3 is 0 Å². The highest BCUT2D eigenvalue weighted by Crippen LogP contribution is 2.34. The number of thiophene rings is 1. The van der Waals surface area contributed by atoms with E-state index in [0.29, 0.717) is 4.53 Å². The highest BCUT2D eigenvalue weighted by atomic mass is 35.5. The molecule has 3 aromatic heterocycles. The molecule has 0 fully saturated rings. The molecule has 2 aromatic carbocycles. The Hall–Kier alpha value is -2.12. The summed E-state index contributed by atoms with van der Waals surface area (Å²) in [6, 6.07) is 19.6. The maximum absolute atomic E-state index is 12.8. The van der Waals surface area contributed by atoms with Crippen molar-refractivity contribution >= 4 is 68.1 Å². The molecule has 0 saturated heterocycles. The van der Waals surface area contributed by atoms with Crippen LogP contribution in [0.15, 0.2) is 74.6 Å². The molecule has 0 N–H and O–H groups in total. The maximum atomic E-state index is 12.8. The fourth-order valence-corrected chi connectivity index (χ4v) is 6.07. The molecule has 3 heterocycles. The van der Waals surface area contributed by atoms with Gasteiger partial charge in [0.2, 0.25) is 0 Å². The van der Waals surface area contributed by atoms with Crippen molar-refractivity contribution < 1.29 is 0 Å². The zero-order chi connectivity index (χ0) is 18.4. The zero-order valence-corrected chi connectivity index (χ0v) is 17.0. The van der Waals surface area contributed by atoms with Gasteiger partial charge in [0.1, 0.15) is 0 Å². The van der Waals surface area contributed by atoms with Crippen molar-refractivity contribution in [3.8, 4) is 0 Å². The summed E-state index contributed by atoms with van der Waals surface area (Å²) in [6.07, 6.45) is 1.95. The number of benzene rings is 2. The quantitative estimate of drug-likeness (QED) is 0.391. The van der Waals surface area contributed by atoms with Gasteiger partial charge in [-0.2, -0.15) is 0 Å². The van der Waals surface area contributed by atoms with Crippen LogP contribution >= 0.6 is 46.0 Å². The van der Waals surface area contributed by atoms with Crippen molar-refractivity contribution in [2.24, 2.45) is 0 Å². The Kier molecular flexibility index (Phi) is 4.28. The number of para-hydroxylation sites is 2. The lowest BCUT2D eigenvalue weighted by Gasteiger charge is -1.97. The second kappa shape index (κ2) is 6.80. The normalized spacial score (nSPS) is 12.4. The average molecular weight is 427 g/mol. The number of imidazole rings is 1. The minimum absolute atomic E-state index is 0.0102. The molecule has 0 aliphatic carbocycles. The largest absolute Gasteiger partial charge is 0.274 e. The van der Waals surface area contributed by atoms with Gasteiger partial charge in [-0.05, 0) is 54.6 Å². The predicted molar refractivity (Wildman–Crippen MR) is 116 cm³/mol. The van der Waals surface area contributed by atoms with Crippen LogP contribution < -0.4 is 10.1 Å². The molecule has 0 aliphatic rings. The van der Waals surface area contributed by atoms with Crippen LogP contribution in [0.2, 0.25) is 5.02 Å². The third-order valence-electron chi connectivity index (χ3n) is 4.05. The van der Waals surface area contributed by atoms with Crippen LogP contribution in [0, 0.1) is 0 Å². The van der Waals surface area contributed by atoms with Crippen LogP contribution in [0.3, 0.4) is 0 Å². The first-order valence-electron chi connectivity index (χ1n) is 8.12. The lowest BCUT2D eigenvalue weighted by molar-refractivity contribution is 1.19. The lowest BCUT2D eigenvalue weighted by Crippen LogP contribution is -2.22. The summed E-state index contributed by atoms with van der Waals surface area (Å²) in [5.41, 5.74) is 1.70. The molecular weight excluding hydrogens is 416 g/mol. The summed E-state index contributed by atoms with van der Waals surface area (Å²) >= 11 is 10.7. The molecular formula is C20H11ClN2OS3. The highest BCUT2D eigenvalue weighted by Gasteiger charge is 2.10. The number of aromatic nitrogens is 2. The Morgan fingerprint density at radius 2 is 1.81 bits per heavy atom. The van der Waals surface area contributed by atoms with Crippen molar-refractivity contribution in [2.75, 3.05) is 0 Å². The Morgan fingerprint density at radius 1 is 1.00 bits per heavy atom. The predicted octanol–water partition coefficient (Wildman–Crippen LogP) is 5.32. The van der Waals surface area contributed by atoms with E-state index in [-0.39, 0.29) is 5.56 Å². The van der Waals surface area contributed by atoms with E-state index >= 15 is 0 Å². The van der Waals surface area contributed by atoms with Crippen molar-refractivity contribution in [3.05, 3.63) is 85.4 Å². The number of hydrogen-bond donors (Lipinski definition) is 0. The summed E-state index contributed by atoms with van der Waals surface area (Å²) < 4.78 is 3.57. The van der Waals surface area contributed by atoms with Gasteiger partial charge in [-0.15, -0.1) is 11.3 Å². The summed E-state index contributed by atoms with van der Waals surface area (Å²) in [6.45, 7) is 0. The van der Waals surface area contributed by atoms with E-state index in [2.05, 4.69) is 11.1 Å². The Balaban J connectivity index is 1.51. The number of rotatable bonds is 3. The van der Waals surface area contributed by atoms with Gasteiger partial charge in [0.15, 0.2) is 4.96 Å². The monoisotopic (exact) mass is 426 g/mol. The summed E-state index contributed by atoms with van der Waals surface area (Å²) in [5.74, 6) is 0. The fraction of sp³-hybridized carbons (Fsp3) is 0. The first-order valence-corrected chi connectivity index (χ1v) is 11.0. The van der Waals surface area contributed by atoms with Crippen LogP contribution in [-0.4, -0.2) is 9.38 Å². The zero-order valence-electron chi connectivity index (χ0n) is 13.8. The smallest absolute Gasteiger partial charge is 0.267 e. The van der Waals surface area contributed by atoms with Crippen LogP contribution in [0.5, 0.6) is 0 Å². The van der Waals surface area contributed by atoms with E-state index in [1.807, 2.05) is 60.7 Å². The van der Waals surface area contributed by atoms with Crippen LogP contribution in [0.1, 0.15) is 4.88 Å². The minimum atomic E-state index is -0.0102. The number of thiazole rings is 1. The SMILES string of the molecule is O=c1/c(=C/c2ccc(Sc3ccc(Cl)cc3)s2)sc2nc3ccccc3n12. The van der Waals surface area contributed by atoms with Crippen LogP contribution in [-0.2, 0) is 0 Å². The third kappa shape index (κ3) is 3.19. The topological polar surface area (TPSA) is 34.4 Å². The summed E-state index contributed by atoms with van der Waals surface area (Å²) in [5, 5.41) is 0.734. The van der Waals surface area contributed by atoms with Crippen molar-refractivity contribution in [2.45, 2.75) is 9.10 Å². The van der Waals surface area contributed by atoms with E-state index < -0.39 is 0 Å². The van der Waals surface area contributed by atoms with E-state index in [4.69, 9.17) is 11.6 Å². The summed E-state index contributed by atoms with van der Waals surface area (Å²) in [4.78, 5) is 20.3. The minimum Gasteiger partial charge on any atom is -0.267 e. The third-order valence-corrected chi connectivity index (χ3v) is 7.45. The Labute approximate surface area is 171 Å². The number of halogens is 1. The van der Waals surface area contributed by atoms with E-state index in [1.165, 1.54) is 15.5 Å². The van der Waals surface area contributed by atoms with Gasteiger partial charge >= 0.3 is 0 Å². The molecule has 0 bridgehead atoms. The number of fused-ring (bicyclic) bond motifs is 3. The lowest BCUT2D eigenvalue weighted by atomic mass is 10.3. The second-order valence-corrected chi connectivity index (χ2v) is 9.78. The van der Waals surface area contributed by atoms with Gasteiger partial charge in [-0.25, -0.2) is 9.38 Å². The Bertz CT molecular complexity index is 1380. The highest BCUT2D eigenvalue weighted by molar-refractivity contribution is 8.01. The van der Waals surface area contributed by atoms with Crippen LogP contribution in [0.25, 0.3) is 22.1 Å². The molecule has 132 valence electrons. The number of nitrogens with zero attached hydrogens (tertiary/aromatic N) is 2. The van der Waals surface area contributed by atoms with Gasteiger partial charge in [0, 0.05) is 14.8 Å². The van der Waals surface area contributed by atoms with Crippen molar-refractivity contribution in [3.63, 3.8) is 0 Å². The molecule has 0 aliphatic heterocycles. The standard InChI is InChI=1S/C20H11ClN2OS3/c21-12-5-7-13(8-6-12)25-18-10-9-14(26-18)11-17-19(24)23-16-4-2-1-3-15(16)22-20(23)27-17/h1-11H/b17-11-. The molecule has 0 amide bonds. The first-order chi connectivity index (χ1) is 13.2. The first kappa shape index (κ1) is 17.0. The summed E-state index contributed by atoms with van der Waals surface area (Å²) in [7, 11) is 0. The molecule has 0 atom stereocenters. The molecule has 5 rings (SSSR count). The molecule has 0 radical (unpaired) electrons. The fourth-order valence-electron chi connectivity index (χ4n) is 2.83. The van der Waals surface area contributed by atoms with Gasteiger partial charge in [-0.1, -0.05) is 46.8 Å². The number of hydrogen-bond acceptors (Lipinski definition) is 5. The van der Waals surface area contributed by atoms with Gasteiger partial charge in [0.25, 0.3) is 5.56 Å². The van der Waals surface area contributed by atoms with Crippen molar-refractivity contribution in [1.29, 1.82) is 0 Å². The molecule has 0 spiro atoms. The molecule has 0 unspecified atom stereocenters. The van der Waals surface area contributed by atoms with E-state index in [1.54, 1.807) is 27.5 Å². The molecule has 7 heteroatoms. The van der Waals surface area contributed by atoms with E-state index in [0.717, 1.165) is 30.8 Å². The average Bonchev–Trinajstić information content (AvgIpc) is 3.33. The van der Waals surface area contributed by atoms with Crippen molar-refractivity contribution in [1.82, 2.24) is 9.38 Å². The second-order valence-electron chi connectivity index (χ2n) is 5.85. The molecule has 27 heavy (non-hydrogen) atoms. The molecule has 5 aromatic rings. The Morgan fingerprint density at radius 3 is 2.67 bits per heavy atom. The van der Waals surface area contributed by atoms with Crippen LogP contribution in [0.4, 0.5) is 0 Å². The van der Waals surface area contributed by atoms with Gasteiger partial charge in [0.05, 0.1) is 19.8 Å². The molecule has 0 saturated carbocycles. The molecule has 3 nitrogen and oxygen atoms in total. The van der Waals surface area contributed by atoms with E-state index in [9.17, 15) is 4.79 Å². The van der Waals surface area contributed by atoms with Gasteiger partial charge in [-0.3, -0.25) is 4.79 Å². The maximum Gasteiger partial charge on any atom is 0.274 e.